The predicted molar refractivity (Wildman–Crippen MR) is 73.7 cm³/mol. The van der Waals surface area contributed by atoms with Crippen molar-refractivity contribution in [3.8, 4) is 11.8 Å². The Balaban J connectivity index is 2.84. The third-order valence-corrected chi connectivity index (χ3v) is 1.99. The average Bonchev–Trinajstić information content (AvgIpc) is 2.27. The number of rotatable bonds is 2. The summed E-state index contributed by atoms with van der Waals surface area (Å²) in [7, 11) is 0. The van der Waals surface area contributed by atoms with E-state index in [2.05, 4.69) is 17.2 Å². The Kier molecular flexibility index (Phi) is 4.71. The number of esters is 1. The van der Waals surface area contributed by atoms with E-state index < -0.39 is 17.5 Å². The maximum atomic E-state index is 11.9. The van der Waals surface area contributed by atoms with E-state index in [1.165, 1.54) is 0 Å². The number of amides is 1. The summed E-state index contributed by atoms with van der Waals surface area (Å²) in [6.45, 7) is 6.98. The maximum absolute atomic E-state index is 11.9. The van der Waals surface area contributed by atoms with E-state index >= 15 is 0 Å². The van der Waals surface area contributed by atoms with Crippen molar-refractivity contribution in [3.05, 3.63) is 29.8 Å². The molecule has 4 heteroatoms. The van der Waals surface area contributed by atoms with Gasteiger partial charge < -0.3 is 10.1 Å². The molecule has 0 saturated heterocycles. The van der Waals surface area contributed by atoms with Gasteiger partial charge in [0.2, 0.25) is 0 Å². The summed E-state index contributed by atoms with van der Waals surface area (Å²) in [5.41, 5.74) is 0.345. The molecule has 0 aliphatic carbocycles. The summed E-state index contributed by atoms with van der Waals surface area (Å²) < 4.78 is 5.25. The molecule has 0 atom stereocenters. The number of nitrogens with one attached hydrogen (secondary N) is 1. The van der Waals surface area contributed by atoms with Crippen LogP contribution in [-0.2, 0) is 9.53 Å². The zero-order valence-corrected chi connectivity index (χ0v) is 11.5. The highest BCUT2D eigenvalue weighted by atomic mass is 16.6. The summed E-state index contributed by atoms with van der Waals surface area (Å²) in [6, 6.07) is 6.55. The zero-order chi connectivity index (χ0) is 14.5. The first kappa shape index (κ1) is 14.8. The van der Waals surface area contributed by atoms with E-state index in [1.807, 2.05) is 0 Å². The molecule has 0 unspecified atom stereocenters. The summed E-state index contributed by atoms with van der Waals surface area (Å²) in [5.74, 6) is 4.03. The first-order chi connectivity index (χ1) is 8.81. The van der Waals surface area contributed by atoms with Gasteiger partial charge in [-0.1, -0.05) is 12.0 Å². The molecule has 0 fully saturated rings. The number of anilines is 1. The van der Waals surface area contributed by atoms with Crippen LogP contribution >= 0.6 is 0 Å². The lowest BCUT2D eigenvalue weighted by atomic mass is 10.1. The van der Waals surface area contributed by atoms with Gasteiger partial charge in [0.1, 0.15) is 5.60 Å². The molecular formula is C15H17NO3. The van der Waals surface area contributed by atoms with Crippen LogP contribution in [0.3, 0.4) is 0 Å². The minimum atomic E-state index is -0.552. The molecule has 1 aromatic rings. The number of carbonyl (C=O) groups excluding carboxylic acids is 2. The van der Waals surface area contributed by atoms with Gasteiger partial charge in [-0.25, -0.2) is 4.79 Å². The molecule has 0 heterocycles. The fourth-order valence-corrected chi connectivity index (χ4v) is 1.34. The number of carbonyl (C=O) groups is 2. The molecule has 0 spiro atoms. The summed E-state index contributed by atoms with van der Waals surface area (Å²) in [6.07, 6.45) is 0. The van der Waals surface area contributed by atoms with Gasteiger partial charge >= 0.3 is 5.97 Å². The lowest BCUT2D eigenvalue weighted by molar-refractivity contribution is -0.111. The molecule has 0 saturated carbocycles. The monoisotopic (exact) mass is 259 g/mol. The van der Waals surface area contributed by atoms with E-state index in [4.69, 9.17) is 4.74 Å². The second kappa shape index (κ2) is 6.05. The van der Waals surface area contributed by atoms with Crippen LogP contribution in [0.15, 0.2) is 24.3 Å². The van der Waals surface area contributed by atoms with Crippen molar-refractivity contribution in [2.45, 2.75) is 33.3 Å². The van der Waals surface area contributed by atoms with Crippen molar-refractivity contribution in [2.24, 2.45) is 0 Å². The number of hydrogen-bond acceptors (Lipinski definition) is 3. The third-order valence-electron chi connectivity index (χ3n) is 1.99. The first-order valence-electron chi connectivity index (χ1n) is 5.89. The van der Waals surface area contributed by atoms with E-state index in [0.717, 1.165) is 0 Å². The number of hydrogen-bond donors (Lipinski definition) is 1. The van der Waals surface area contributed by atoms with Gasteiger partial charge in [-0.05, 0) is 51.8 Å². The highest BCUT2D eigenvalue weighted by Gasteiger charge is 2.18. The van der Waals surface area contributed by atoms with Crippen molar-refractivity contribution in [1.82, 2.24) is 0 Å². The Morgan fingerprint density at radius 2 is 1.95 bits per heavy atom. The largest absolute Gasteiger partial charge is 0.456 e. The van der Waals surface area contributed by atoms with Gasteiger partial charge in [0.15, 0.2) is 0 Å². The Hall–Kier alpha value is -2.28. The van der Waals surface area contributed by atoms with Crippen LogP contribution in [-0.4, -0.2) is 17.5 Å². The van der Waals surface area contributed by atoms with Gasteiger partial charge in [0.05, 0.1) is 5.56 Å². The standard InChI is InChI=1S/C15H17NO3/c1-5-7-13(17)16-12-9-6-8-11(10-12)14(18)19-15(2,3)4/h6,8-10H,1-4H3,(H,16,17). The summed E-state index contributed by atoms with van der Waals surface area (Å²) >= 11 is 0. The van der Waals surface area contributed by atoms with Crippen LogP contribution in [0.2, 0.25) is 0 Å². The minimum Gasteiger partial charge on any atom is -0.456 e. The van der Waals surface area contributed by atoms with Crippen LogP contribution in [0.25, 0.3) is 0 Å². The summed E-state index contributed by atoms with van der Waals surface area (Å²) in [5, 5.41) is 2.58. The van der Waals surface area contributed by atoms with Gasteiger partial charge in [-0.2, -0.15) is 0 Å². The van der Waals surface area contributed by atoms with Crippen molar-refractivity contribution in [1.29, 1.82) is 0 Å². The van der Waals surface area contributed by atoms with Crippen molar-refractivity contribution < 1.29 is 14.3 Å². The molecule has 0 aliphatic rings. The molecule has 0 radical (unpaired) electrons. The molecule has 0 aromatic heterocycles. The van der Waals surface area contributed by atoms with Gasteiger partial charge in [-0.3, -0.25) is 4.79 Å². The molecule has 0 aliphatic heterocycles. The van der Waals surface area contributed by atoms with Crippen LogP contribution < -0.4 is 5.32 Å². The zero-order valence-electron chi connectivity index (χ0n) is 11.5. The molecular weight excluding hydrogens is 242 g/mol. The highest BCUT2D eigenvalue weighted by Crippen LogP contribution is 2.15. The van der Waals surface area contributed by atoms with Crippen molar-refractivity contribution in [3.63, 3.8) is 0 Å². The Morgan fingerprint density at radius 3 is 2.53 bits per heavy atom. The van der Waals surface area contributed by atoms with Gasteiger partial charge in [0, 0.05) is 5.69 Å². The molecule has 1 N–H and O–H groups in total. The highest BCUT2D eigenvalue weighted by molar-refractivity contribution is 6.04. The minimum absolute atomic E-state index is 0.386. The Bertz CT molecular complexity index is 544. The molecule has 19 heavy (non-hydrogen) atoms. The molecule has 4 nitrogen and oxygen atoms in total. The lowest BCUT2D eigenvalue weighted by Crippen LogP contribution is -2.24. The fourth-order valence-electron chi connectivity index (χ4n) is 1.34. The quantitative estimate of drug-likeness (QED) is 0.656. The van der Waals surface area contributed by atoms with Crippen LogP contribution in [0, 0.1) is 11.8 Å². The van der Waals surface area contributed by atoms with Crippen molar-refractivity contribution in [2.75, 3.05) is 5.32 Å². The Labute approximate surface area is 113 Å². The molecule has 1 rings (SSSR count). The van der Waals surface area contributed by atoms with Crippen molar-refractivity contribution >= 4 is 17.6 Å². The van der Waals surface area contributed by atoms with Crippen LogP contribution in [0.1, 0.15) is 38.1 Å². The summed E-state index contributed by atoms with van der Waals surface area (Å²) in [4.78, 5) is 23.2. The maximum Gasteiger partial charge on any atom is 0.338 e. The molecule has 100 valence electrons. The van der Waals surface area contributed by atoms with Crippen LogP contribution in [0.4, 0.5) is 5.69 Å². The second-order valence-corrected chi connectivity index (χ2v) is 4.91. The second-order valence-electron chi connectivity index (χ2n) is 4.91. The van der Waals surface area contributed by atoms with E-state index in [1.54, 1.807) is 52.0 Å². The molecule has 1 amide bonds. The number of benzene rings is 1. The molecule has 1 aromatic carbocycles. The third kappa shape index (κ3) is 5.26. The number of ether oxygens (including phenoxy) is 1. The van der Waals surface area contributed by atoms with E-state index in [9.17, 15) is 9.59 Å². The Morgan fingerprint density at radius 1 is 1.26 bits per heavy atom. The smallest absolute Gasteiger partial charge is 0.338 e. The van der Waals surface area contributed by atoms with Crippen LogP contribution in [0.5, 0.6) is 0 Å². The topological polar surface area (TPSA) is 55.4 Å². The van der Waals surface area contributed by atoms with E-state index in [-0.39, 0.29) is 0 Å². The normalized spacial score (nSPS) is 10.1. The first-order valence-corrected chi connectivity index (χ1v) is 5.89. The van der Waals surface area contributed by atoms with Gasteiger partial charge in [-0.15, -0.1) is 0 Å². The van der Waals surface area contributed by atoms with Gasteiger partial charge in [0.25, 0.3) is 5.91 Å². The lowest BCUT2D eigenvalue weighted by Gasteiger charge is -2.19. The van der Waals surface area contributed by atoms with E-state index in [0.29, 0.717) is 11.3 Å². The molecule has 0 bridgehead atoms. The SMILES string of the molecule is CC#CC(=O)Nc1cccc(C(=O)OC(C)(C)C)c1. The fraction of sp³-hybridized carbons (Fsp3) is 0.333. The predicted octanol–water partition coefficient (Wildman–Crippen LogP) is 2.60. The average molecular weight is 259 g/mol.